The van der Waals surface area contributed by atoms with E-state index in [0.29, 0.717) is 30.5 Å². The normalized spacial score (nSPS) is 18.4. The van der Waals surface area contributed by atoms with Gasteiger partial charge in [0.25, 0.3) is 5.91 Å². The maximum Gasteiger partial charge on any atom is 0.407 e. The van der Waals surface area contributed by atoms with E-state index in [1.165, 1.54) is 10.1 Å². The van der Waals surface area contributed by atoms with Crippen LogP contribution in [-0.2, 0) is 4.74 Å². The van der Waals surface area contributed by atoms with Crippen molar-refractivity contribution in [3.05, 3.63) is 54.2 Å². The summed E-state index contributed by atoms with van der Waals surface area (Å²) in [4.78, 5) is 30.2. The lowest BCUT2D eigenvalue weighted by Gasteiger charge is -2.29. The Morgan fingerprint density at radius 2 is 1.68 bits per heavy atom. The number of hydrogen-bond acceptors (Lipinski definition) is 5. The maximum atomic E-state index is 12.8. The van der Waals surface area contributed by atoms with Crippen LogP contribution in [0.25, 0.3) is 20.7 Å². The third kappa shape index (κ3) is 6.56. The van der Waals surface area contributed by atoms with E-state index in [4.69, 9.17) is 4.74 Å². The lowest BCUT2D eigenvalue weighted by atomic mass is 9.82. The first kappa shape index (κ1) is 24.2. The minimum atomic E-state index is -0.479. The minimum Gasteiger partial charge on any atom is -0.444 e. The van der Waals surface area contributed by atoms with Crippen molar-refractivity contribution >= 4 is 33.4 Å². The number of pyridine rings is 1. The molecule has 2 N–H and O–H groups in total. The third-order valence-electron chi connectivity index (χ3n) is 6.15. The SMILES string of the molecule is CC(C)(C)OC(=O)NC[C@H]1CC[C@H](CNC(=O)c2ccnc(-c3cc4ccccc4s3)c2)CC1. The monoisotopic (exact) mass is 479 g/mol. The highest BCUT2D eigenvalue weighted by molar-refractivity contribution is 7.22. The number of fused-ring (bicyclic) bond motifs is 1. The molecule has 1 aromatic carbocycles. The number of aromatic nitrogens is 1. The van der Waals surface area contributed by atoms with Crippen LogP contribution in [0, 0.1) is 11.8 Å². The van der Waals surface area contributed by atoms with Gasteiger partial charge < -0.3 is 15.4 Å². The van der Waals surface area contributed by atoms with Crippen LogP contribution in [0.4, 0.5) is 4.79 Å². The number of amides is 2. The van der Waals surface area contributed by atoms with Crippen molar-refractivity contribution in [1.82, 2.24) is 15.6 Å². The Morgan fingerprint density at radius 1 is 1.00 bits per heavy atom. The first-order valence-corrected chi connectivity index (χ1v) is 12.8. The van der Waals surface area contributed by atoms with Gasteiger partial charge in [-0.3, -0.25) is 9.78 Å². The summed E-state index contributed by atoms with van der Waals surface area (Å²) in [6, 6.07) is 14.0. The fourth-order valence-corrected chi connectivity index (χ4v) is 5.37. The van der Waals surface area contributed by atoms with Crippen LogP contribution in [0.5, 0.6) is 0 Å². The van der Waals surface area contributed by atoms with Crippen LogP contribution in [0.15, 0.2) is 48.7 Å². The molecule has 0 saturated heterocycles. The highest BCUT2D eigenvalue weighted by atomic mass is 32.1. The van der Waals surface area contributed by atoms with Crippen molar-refractivity contribution in [3.8, 4) is 10.6 Å². The molecular weight excluding hydrogens is 446 g/mol. The van der Waals surface area contributed by atoms with E-state index in [1.54, 1.807) is 23.6 Å². The Labute approximate surface area is 205 Å². The molecule has 1 aliphatic rings. The molecule has 0 radical (unpaired) electrons. The van der Waals surface area contributed by atoms with Crippen LogP contribution in [0.1, 0.15) is 56.8 Å². The smallest absolute Gasteiger partial charge is 0.407 e. The number of ether oxygens (including phenoxy) is 1. The quantitative estimate of drug-likeness (QED) is 0.453. The van der Waals surface area contributed by atoms with Gasteiger partial charge in [0.1, 0.15) is 5.60 Å². The predicted molar refractivity (Wildman–Crippen MR) is 137 cm³/mol. The largest absolute Gasteiger partial charge is 0.444 e. The van der Waals surface area contributed by atoms with E-state index >= 15 is 0 Å². The molecule has 2 heterocycles. The molecule has 1 saturated carbocycles. The minimum absolute atomic E-state index is 0.0570. The van der Waals surface area contributed by atoms with Crippen molar-refractivity contribution < 1.29 is 14.3 Å². The van der Waals surface area contributed by atoms with Gasteiger partial charge in [0.2, 0.25) is 0 Å². The van der Waals surface area contributed by atoms with Crippen molar-refractivity contribution in [2.75, 3.05) is 13.1 Å². The zero-order valence-electron chi connectivity index (χ0n) is 20.1. The van der Waals surface area contributed by atoms with Gasteiger partial charge in [-0.05, 0) is 87.9 Å². The van der Waals surface area contributed by atoms with Crippen molar-refractivity contribution in [1.29, 1.82) is 0 Å². The van der Waals surface area contributed by atoms with E-state index < -0.39 is 5.60 Å². The van der Waals surface area contributed by atoms with Gasteiger partial charge in [0.05, 0.1) is 10.6 Å². The summed E-state index contributed by atoms with van der Waals surface area (Å²) in [5.74, 6) is 0.868. The number of nitrogens with zero attached hydrogens (tertiary/aromatic N) is 1. The molecule has 7 heteroatoms. The highest BCUT2D eigenvalue weighted by Gasteiger charge is 2.23. The lowest BCUT2D eigenvalue weighted by molar-refractivity contribution is 0.0512. The Morgan fingerprint density at radius 3 is 2.35 bits per heavy atom. The summed E-state index contributed by atoms with van der Waals surface area (Å²) in [7, 11) is 0. The van der Waals surface area contributed by atoms with Gasteiger partial charge in [-0.1, -0.05) is 18.2 Å². The van der Waals surface area contributed by atoms with Crippen LogP contribution < -0.4 is 10.6 Å². The van der Waals surface area contributed by atoms with E-state index in [9.17, 15) is 9.59 Å². The second-order valence-electron chi connectivity index (χ2n) is 10.1. The molecule has 2 aromatic heterocycles. The van der Waals surface area contributed by atoms with E-state index in [-0.39, 0.29) is 12.0 Å². The van der Waals surface area contributed by atoms with Crippen molar-refractivity contribution in [2.45, 2.75) is 52.1 Å². The molecule has 0 aliphatic heterocycles. The summed E-state index contributed by atoms with van der Waals surface area (Å²) in [6.45, 7) is 6.91. The summed E-state index contributed by atoms with van der Waals surface area (Å²) in [5.41, 5.74) is 0.984. The Kier molecular flexibility index (Phi) is 7.51. The predicted octanol–water partition coefficient (Wildman–Crippen LogP) is 6.02. The number of nitrogens with one attached hydrogen (secondary N) is 2. The molecule has 0 unspecified atom stereocenters. The molecule has 4 rings (SSSR count). The molecule has 1 aliphatic carbocycles. The van der Waals surface area contributed by atoms with Crippen LogP contribution in [0.2, 0.25) is 0 Å². The third-order valence-corrected chi connectivity index (χ3v) is 7.29. The molecule has 6 nitrogen and oxygen atoms in total. The Balaban J connectivity index is 1.24. The zero-order chi connectivity index (χ0) is 24.1. The van der Waals surface area contributed by atoms with Gasteiger partial charge >= 0.3 is 6.09 Å². The fourth-order valence-electron chi connectivity index (χ4n) is 4.34. The summed E-state index contributed by atoms with van der Waals surface area (Å²) < 4.78 is 6.52. The number of carbonyl (C=O) groups excluding carboxylic acids is 2. The van der Waals surface area contributed by atoms with Gasteiger partial charge in [0.15, 0.2) is 0 Å². The van der Waals surface area contributed by atoms with E-state index in [0.717, 1.165) is 36.3 Å². The highest BCUT2D eigenvalue weighted by Crippen LogP contribution is 2.32. The number of thiophene rings is 1. The number of carbonyl (C=O) groups is 2. The molecule has 3 aromatic rings. The molecule has 0 spiro atoms. The van der Waals surface area contributed by atoms with Gasteiger partial charge in [-0.25, -0.2) is 4.79 Å². The number of rotatable bonds is 6. The number of benzene rings is 1. The lowest BCUT2D eigenvalue weighted by Crippen LogP contribution is -2.37. The second-order valence-corrected chi connectivity index (χ2v) is 11.1. The molecule has 180 valence electrons. The topological polar surface area (TPSA) is 80.3 Å². The molecule has 2 amide bonds. The standard InChI is InChI=1S/C27H33N3O3S/c1-27(2,3)33-26(32)30-17-19-10-8-18(9-11-19)16-29-25(31)21-12-13-28-22(14-21)24-15-20-6-4-5-7-23(20)34-24/h4-7,12-15,18-19H,8-11,16-17H2,1-3H3,(H,29,31)(H,30,32)/t18-,19-. The number of hydrogen-bond donors (Lipinski definition) is 2. The van der Waals surface area contributed by atoms with Crippen LogP contribution in [-0.4, -0.2) is 35.7 Å². The molecule has 0 atom stereocenters. The van der Waals surface area contributed by atoms with E-state index in [1.807, 2.05) is 39.0 Å². The first-order chi connectivity index (χ1) is 16.3. The van der Waals surface area contributed by atoms with Crippen molar-refractivity contribution in [2.24, 2.45) is 11.8 Å². The van der Waals surface area contributed by atoms with Gasteiger partial charge in [-0.2, -0.15) is 0 Å². The molecule has 1 fully saturated rings. The average Bonchev–Trinajstić information content (AvgIpc) is 3.25. The molecule has 0 bridgehead atoms. The Hall–Kier alpha value is -2.93. The number of alkyl carbamates (subject to hydrolysis) is 1. The average molecular weight is 480 g/mol. The first-order valence-electron chi connectivity index (χ1n) is 12.0. The zero-order valence-corrected chi connectivity index (χ0v) is 20.9. The Bertz CT molecular complexity index is 1110. The maximum absolute atomic E-state index is 12.8. The fraction of sp³-hybridized carbons (Fsp3) is 0.444. The molecule has 34 heavy (non-hydrogen) atoms. The summed E-state index contributed by atoms with van der Waals surface area (Å²) in [6.07, 6.45) is 5.53. The van der Waals surface area contributed by atoms with Crippen LogP contribution in [0.3, 0.4) is 0 Å². The summed E-state index contributed by atoms with van der Waals surface area (Å²) >= 11 is 1.69. The molecular formula is C27H33N3O3S. The van der Waals surface area contributed by atoms with Crippen molar-refractivity contribution in [3.63, 3.8) is 0 Å². The van der Waals surface area contributed by atoms with Crippen LogP contribution >= 0.6 is 11.3 Å². The summed E-state index contributed by atoms with van der Waals surface area (Å²) in [5, 5.41) is 7.19. The van der Waals surface area contributed by atoms with Gasteiger partial charge in [0, 0.05) is 29.5 Å². The van der Waals surface area contributed by atoms with Gasteiger partial charge in [-0.15, -0.1) is 11.3 Å². The second kappa shape index (κ2) is 10.6. The van der Waals surface area contributed by atoms with E-state index in [2.05, 4.69) is 33.8 Å².